The number of nitrogens with zero attached hydrogens (tertiary/aromatic N) is 5. The Balaban J connectivity index is 1.57. The van der Waals surface area contributed by atoms with Crippen molar-refractivity contribution in [1.29, 1.82) is 0 Å². The van der Waals surface area contributed by atoms with Gasteiger partial charge in [0.05, 0.1) is 16.9 Å². The number of nitrogens with one attached hydrogen (secondary N) is 1. The lowest BCUT2D eigenvalue weighted by Crippen LogP contribution is -2.27. The number of aliphatic hydroxyl groups excluding tert-OH is 1. The number of benzene rings is 2. The number of aliphatic hydroxyl groups is 1. The number of carbonyl (C=O) groups is 1. The standard InChI is InChI=1S/C27H28F2N6O3/c1-15(2)26-31-23-21(33(26)3)9-7-19(25(23)34-12-11-16(13-34)14-36)30-27(38)20-8-10-22(37)35(32-20)24-17(28)5-4-6-18(24)29/h4-10,15-16,36H,11-14H2,1-3H3,(H,30,38)/t16-/m0/s1. The van der Waals surface area contributed by atoms with Crippen molar-refractivity contribution in [3.8, 4) is 5.69 Å². The molecular formula is C27H28F2N6O3. The smallest absolute Gasteiger partial charge is 0.276 e. The monoisotopic (exact) mass is 522 g/mol. The minimum atomic E-state index is -0.978. The van der Waals surface area contributed by atoms with Crippen molar-refractivity contribution in [2.75, 3.05) is 29.9 Å². The maximum Gasteiger partial charge on any atom is 0.276 e. The van der Waals surface area contributed by atoms with E-state index in [9.17, 15) is 23.5 Å². The van der Waals surface area contributed by atoms with Gasteiger partial charge in [0.15, 0.2) is 11.6 Å². The van der Waals surface area contributed by atoms with Crippen LogP contribution in [0, 0.1) is 17.6 Å². The fraction of sp³-hybridized carbons (Fsp3) is 0.333. The van der Waals surface area contributed by atoms with Gasteiger partial charge in [0.1, 0.15) is 22.7 Å². The lowest BCUT2D eigenvalue weighted by atomic mass is 10.1. The molecule has 5 rings (SSSR count). The third-order valence-corrected chi connectivity index (χ3v) is 6.87. The van der Waals surface area contributed by atoms with E-state index in [1.54, 1.807) is 6.07 Å². The van der Waals surface area contributed by atoms with Gasteiger partial charge in [0, 0.05) is 44.6 Å². The SMILES string of the molecule is CC(C)c1nc2c(N3CC[C@H](CO)C3)c(NC(=O)c3ccc(=O)n(-c4c(F)cccc4F)n3)ccc2n1C. The number of para-hydroxylation sites is 1. The second-order valence-electron chi connectivity index (χ2n) is 9.79. The Morgan fingerprint density at radius 3 is 2.53 bits per heavy atom. The van der Waals surface area contributed by atoms with E-state index < -0.39 is 28.8 Å². The van der Waals surface area contributed by atoms with Gasteiger partial charge in [-0.3, -0.25) is 9.59 Å². The van der Waals surface area contributed by atoms with Crippen molar-refractivity contribution in [2.24, 2.45) is 13.0 Å². The van der Waals surface area contributed by atoms with E-state index in [4.69, 9.17) is 4.98 Å². The van der Waals surface area contributed by atoms with E-state index in [-0.39, 0.29) is 24.1 Å². The molecular weight excluding hydrogens is 494 g/mol. The van der Waals surface area contributed by atoms with Gasteiger partial charge in [-0.15, -0.1) is 0 Å². The molecule has 1 fully saturated rings. The normalized spacial score (nSPS) is 15.6. The number of amides is 1. The third kappa shape index (κ3) is 4.43. The second kappa shape index (κ2) is 9.97. The Morgan fingerprint density at radius 1 is 1.13 bits per heavy atom. The van der Waals surface area contributed by atoms with E-state index in [1.807, 2.05) is 17.7 Å². The summed E-state index contributed by atoms with van der Waals surface area (Å²) in [5.41, 5.74) is 1.19. The molecule has 2 N–H and O–H groups in total. The van der Waals surface area contributed by atoms with Crippen molar-refractivity contribution in [3.05, 3.63) is 76.0 Å². The number of hydrogen-bond acceptors (Lipinski definition) is 6. The van der Waals surface area contributed by atoms with Gasteiger partial charge in [-0.2, -0.15) is 9.78 Å². The average molecular weight is 523 g/mol. The summed E-state index contributed by atoms with van der Waals surface area (Å²) in [5.74, 6) is -1.45. The molecule has 0 saturated carbocycles. The highest BCUT2D eigenvalue weighted by atomic mass is 19.1. The Morgan fingerprint density at radius 2 is 1.87 bits per heavy atom. The van der Waals surface area contributed by atoms with E-state index in [1.165, 1.54) is 12.1 Å². The van der Waals surface area contributed by atoms with Gasteiger partial charge in [-0.1, -0.05) is 19.9 Å². The molecule has 1 saturated heterocycles. The molecule has 0 unspecified atom stereocenters. The minimum Gasteiger partial charge on any atom is -0.396 e. The fourth-order valence-electron chi connectivity index (χ4n) is 4.96. The van der Waals surface area contributed by atoms with Crippen LogP contribution in [0.1, 0.15) is 42.5 Å². The van der Waals surface area contributed by atoms with E-state index >= 15 is 0 Å². The minimum absolute atomic E-state index is 0.0612. The predicted octanol–water partition coefficient (Wildman–Crippen LogP) is 3.59. The largest absolute Gasteiger partial charge is 0.396 e. The maximum absolute atomic E-state index is 14.3. The zero-order chi connectivity index (χ0) is 27.1. The van der Waals surface area contributed by atoms with Gasteiger partial charge in [-0.05, 0) is 36.8 Å². The molecule has 2 aromatic carbocycles. The molecule has 1 amide bonds. The zero-order valence-corrected chi connectivity index (χ0v) is 21.3. The molecule has 198 valence electrons. The molecule has 1 aliphatic rings. The van der Waals surface area contributed by atoms with Crippen LogP contribution in [0.3, 0.4) is 0 Å². The molecule has 38 heavy (non-hydrogen) atoms. The van der Waals surface area contributed by atoms with Gasteiger partial charge in [0.2, 0.25) is 0 Å². The van der Waals surface area contributed by atoms with Crippen LogP contribution in [0.4, 0.5) is 20.2 Å². The van der Waals surface area contributed by atoms with Crippen LogP contribution < -0.4 is 15.8 Å². The number of aromatic nitrogens is 4. The van der Waals surface area contributed by atoms with Crippen molar-refractivity contribution in [3.63, 3.8) is 0 Å². The summed E-state index contributed by atoms with van der Waals surface area (Å²) in [7, 11) is 1.95. The molecule has 4 aromatic rings. The first kappa shape index (κ1) is 25.5. The highest BCUT2D eigenvalue weighted by molar-refractivity contribution is 6.08. The summed E-state index contributed by atoms with van der Waals surface area (Å²) in [5, 5.41) is 16.5. The highest BCUT2D eigenvalue weighted by Gasteiger charge is 2.28. The topological polar surface area (TPSA) is 105 Å². The van der Waals surface area contributed by atoms with Crippen LogP contribution in [0.25, 0.3) is 16.7 Å². The molecule has 0 spiro atoms. The van der Waals surface area contributed by atoms with Crippen molar-refractivity contribution < 1.29 is 18.7 Å². The van der Waals surface area contributed by atoms with E-state index in [0.717, 1.165) is 47.2 Å². The average Bonchev–Trinajstić information content (AvgIpc) is 3.49. The summed E-state index contributed by atoms with van der Waals surface area (Å²) in [6, 6.07) is 9.09. The Bertz CT molecular complexity index is 1580. The van der Waals surface area contributed by atoms with Gasteiger partial charge in [0.25, 0.3) is 11.5 Å². The first-order valence-corrected chi connectivity index (χ1v) is 12.4. The van der Waals surface area contributed by atoms with Gasteiger partial charge >= 0.3 is 0 Å². The van der Waals surface area contributed by atoms with Crippen molar-refractivity contribution in [1.82, 2.24) is 19.3 Å². The first-order chi connectivity index (χ1) is 18.2. The molecule has 0 aliphatic carbocycles. The predicted molar refractivity (Wildman–Crippen MR) is 140 cm³/mol. The van der Waals surface area contributed by atoms with Crippen LogP contribution in [0.5, 0.6) is 0 Å². The van der Waals surface area contributed by atoms with Crippen LogP contribution >= 0.6 is 0 Å². The Labute approximate surface area is 217 Å². The Hall–Kier alpha value is -4.12. The number of fused-ring (bicyclic) bond motifs is 1. The molecule has 9 nitrogen and oxygen atoms in total. The summed E-state index contributed by atoms with van der Waals surface area (Å²) in [6.07, 6.45) is 0.796. The van der Waals surface area contributed by atoms with Crippen LogP contribution in [0.2, 0.25) is 0 Å². The zero-order valence-electron chi connectivity index (χ0n) is 21.3. The number of carbonyl (C=O) groups excluding carboxylic acids is 1. The van der Waals surface area contributed by atoms with E-state index in [0.29, 0.717) is 23.5 Å². The highest BCUT2D eigenvalue weighted by Crippen LogP contribution is 2.38. The fourth-order valence-corrected chi connectivity index (χ4v) is 4.96. The number of anilines is 2. The molecule has 2 aromatic heterocycles. The number of rotatable bonds is 6. The molecule has 1 atom stereocenters. The summed E-state index contributed by atoms with van der Waals surface area (Å²) in [6.45, 7) is 5.45. The van der Waals surface area contributed by atoms with Crippen LogP contribution in [0.15, 0.2) is 47.3 Å². The lowest BCUT2D eigenvalue weighted by molar-refractivity contribution is 0.102. The summed E-state index contributed by atoms with van der Waals surface area (Å²) < 4.78 is 31.3. The number of imidazole rings is 1. The number of halogens is 2. The van der Waals surface area contributed by atoms with E-state index in [2.05, 4.69) is 29.2 Å². The maximum atomic E-state index is 14.3. The quantitative estimate of drug-likeness (QED) is 0.401. The van der Waals surface area contributed by atoms with Gasteiger partial charge in [-0.25, -0.2) is 13.8 Å². The van der Waals surface area contributed by atoms with Gasteiger partial charge < -0.3 is 19.9 Å². The summed E-state index contributed by atoms with van der Waals surface area (Å²) in [4.78, 5) is 32.7. The Kier molecular flexibility index (Phi) is 6.70. The number of hydrogen-bond donors (Lipinski definition) is 2. The van der Waals surface area contributed by atoms with Crippen LogP contribution in [-0.4, -0.2) is 50.0 Å². The molecule has 3 heterocycles. The van der Waals surface area contributed by atoms with Crippen molar-refractivity contribution >= 4 is 28.3 Å². The molecule has 11 heteroatoms. The van der Waals surface area contributed by atoms with Crippen molar-refractivity contribution in [2.45, 2.75) is 26.2 Å². The lowest BCUT2D eigenvalue weighted by Gasteiger charge is -2.23. The second-order valence-corrected chi connectivity index (χ2v) is 9.79. The summed E-state index contributed by atoms with van der Waals surface area (Å²) >= 11 is 0. The third-order valence-electron chi connectivity index (χ3n) is 6.87. The van der Waals surface area contributed by atoms with Crippen LogP contribution in [-0.2, 0) is 7.05 Å². The molecule has 1 aliphatic heterocycles. The molecule has 0 radical (unpaired) electrons. The number of aryl methyl sites for hydroxylation is 1. The first-order valence-electron chi connectivity index (χ1n) is 12.4. The molecule has 0 bridgehead atoms.